The summed E-state index contributed by atoms with van der Waals surface area (Å²) in [4.78, 5) is 0. The van der Waals surface area contributed by atoms with Gasteiger partial charge in [0.1, 0.15) is 15.8 Å². The predicted molar refractivity (Wildman–Crippen MR) is 67.4 cm³/mol. The molecule has 1 heterocycles. The van der Waals surface area contributed by atoms with Gasteiger partial charge in [0, 0.05) is 22.3 Å². The van der Waals surface area contributed by atoms with Crippen molar-refractivity contribution in [3.8, 4) is 10.6 Å². The lowest BCUT2D eigenvalue weighted by molar-refractivity contribution is 0.627. The van der Waals surface area contributed by atoms with Crippen LogP contribution in [0, 0.1) is 5.82 Å². The molecule has 1 aromatic carbocycles. The van der Waals surface area contributed by atoms with Gasteiger partial charge < -0.3 is 0 Å². The number of hydrogen-bond acceptors (Lipinski definition) is 3. The number of benzene rings is 1. The van der Waals surface area contributed by atoms with E-state index in [0.717, 1.165) is 15.6 Å². The first-order chi connectivity index (χ1) is 7.70. The highest BCUT2D eigenvalue weighted by molar-refractivity contribution is 9.10. The van der Waals surface area contributed by atoms with Crippen molar-refractivity contribution < 1.29 is 4.39 Å². The Labute approximate surface area is 110 Å². The number of aryl methyl sites for hydroxylation is 1. The van der Waals surface area contributed by atoms with Crippen LogP contribution >= 0.6 is 38.9 Å². The summed E-state index contributed by atoms with van der Waals surface area (Å²) in [6.07, 6.45) is 0.706. The van der Waals surface area contributed by atoms with Gasteiger partial charge in [-0.05, 0) is 34.1 Å². The van der Waals surface area contributed by atoms with E-state index >= 15 is 0 Å². The fourth-order valence-corrected chi connectivity index (χ4v) is 3.05. The summed E-state index contributed by atoms with van der Waals surface area (Å²) in [5.41, 5.74) is 0.847. The molecule has 0 N–H and O–H groups in total. The monoisotopic (exact) mass is 320 g/mol. The molecule has 0 amide bonds. The van der Waals surface area contributed by atoms with Gasteiger partial charge in [-0.1, -0.05) is 11.3 Å². The van der Waals surface area contributed by atoms with Crippen LogP contribution in [-0.2, 0) is 6.42 Å². The average Bonchev–Trinajstić information content (AvgIpc) is 2.67. The summed E-state index contributed by atoms with van der Waals surface area (Å²) >= 11 is 10.4. The molecule has 0 fully saturated rings. The summed E-state index contributed by atoms with van der Waals surface area (Å²) in [5.74, 6) is 0.250. The van der Waals surface area contributed by atoms with Gasteiger partial charge in [0.25, 0.3) is 0 Å². The van der Waals surface area contributed by atoms with Gasteiger partial charge >= 0.3 is 0 Å². The van der Waals surface area contributed by atoms with E-state index in [9.17, 15) is 4.39 Å². The molecule has 0 radical (unpaired) electrons. The largest absolute Gasteiger partial charge is 0.207 e. The third-order valence-corrected chi connectivity index (χ3v) is 3.80. The summed E-state index contributed by atoms with van der Waals surface area (Å²) in [5, 5.41) is 9.73. The third-order valence-electron chi connectivity index (χ3n) is 1.94. The average molecular weight is 322 g/mol. The van der Waals surface area contributed by atoms with Gasteiger partial charge in [0.05, 0.1) is 0 Å². The van der Waals surface area contributed by atoms with Gasteiger partial charge in [0.15, 0.2) is 0 Å². The first-order valence-corrected chi connectivity index (χ1v) is 6.69. The Morgan fingerprint density at radius 2 is 2.19 bits per heavy atom. The molecule has 6 heteroatoms. The Balaban J connectivity index is 2.35. The topological polar surface area (TPSA) is 25.8 Å². The quantitative estimate of drug-likeness (QED) is 0.802. The maximum absolute atomic E-state index is 12.9. The van der Waals surface area contributed by atoms with Gasteiger partial charge in [-0.3, -0.25) is 0 Å². The molecule has 16 heavy (non-hydrogen) atoms. The molecule has 2 rings (SSSR count). The fourth-order valence-electron chi connectivity index (χ4n) is 1.21. The Morgan fingerprint density at radius 3 is 2.88 bits per heavy atom. The zero-order valence-electron chi connectivity index (χ0n) is 8.08. The summed E-state index contributed by atoms with van der Waals surface area (Å²) < 4.78 is 13.6. The van der Waals surface area contributed by atoms with E-state index in [0.29, 0.717) is 16.8 Å². The molecule has 1 aromatic heterocycles. The summed E-state index contributed by atoms with van der Waals surface area (Å²) in [7, 11) is 0. The van der Waals surface area contributed by atoms with Crippen LogP contribution in [0.1, 0.15) is 5.01 Å². The smallest absolute Gasteiger partial charge is 0.148 e. The van der Waals surface area contributed by atoms with Crippen LogP contribution in [0.4, 0.5) is 4.39 Å². The van der Waals surface area contributed by atoms with E-state index in [4.69, 9.17) is 11.6 Å². The maximum atomic E-state index is 12.9. The first kappa shape index (κ1) is 12.0. The molecule has 0 unspecified atom stereocenters. The number of aromatic nitrogens is 2. The Hall–Kier alpha value is -0.520. The second kappa shape index (κ2) is 5.21. The summed E-state index contributed by atoms with van der Waals surface area (Å²) in [6, 6.07) is 4.51. The van der Waals surface area contributed by atoms with Crippen LogP contribution in [0.5, 0.6) is 0 Å². The number of rotatable bonds is 3. The van der Waals surface area contributed by atoms with Gasteiger partial charge in [0.2, 0.25) is 0 Å². The Bertz CT molecular complexity index is 503. The molecule has 2 aromatic rings. The summed E-state index contributed by atoms with van der Waals surface area (Å²) in [6.45, 7) is 0. The normalized spacial score (nSPS) is 10.7. The SMILES string of the molecule is Fc1ccc(-c2nnc(CCCl)s2)c(Br)c1. The third kappa shape index (κ3) is 2.59. The molecule has 2 nitrogen and oxygen atoms in total. The molecule has 0 aliphatic heterocycles. The molecule has 0 bridgehead atoms. The van der Waals surface area contributed by atoms with Gasteiger partial charge in [-0.2, -0.15) is 0 Å². The van der Waals surface area contributed by atoms with Crippen molar-refractivity contribution in [3.05, 3.63) is 33.5 Å². The van der Waals surface area contributed by atoms with Crippen LogP contribution in [0.3, 0.4) is 0 Å². The first-order valence-electron chi connectivity index (χ1n) is 4.54. The zero-order chi connectivity index (χ0) is 11.5. The van der Waals surface area contributed by atoms with E-state index in [1.807, 2.05) is 0 Å². The Kier molecular flexibility index (Phi) is 3.89. The van der Waals surface area contributed by atoms with Crippen LogP contribution in [0.15, 0.2) is 22.7 Å². The molecular weight excluding hydrogens is 315 g/mol. The van der Waals surface area contributed by atoms with Gasteiger partial charge in [-0.25, -0.2) is 4.39 Å². The number of nitrogens with zero attached hydrogens (tertiary/aromatic N) is 2. The molecule has 0 saturated heterocycles. The molecule has 0 spiro atoms. The van der Waals surface area contributed by atoms with Crippen molar-refractivity contribution in [2.45, 2.75) is 6.42 Å². The molecular formula is C10H7BrClFN2S. The van der Waals surface area contributed by atoms with Crippen molar-refractivity contribution in [2.24, 2.45) is 0 Å². The number of hydrogen-bond donors (Lipinski definition) is 0. The van der Waals surface area contributed by atoms with Crippen LogP contribution in [0.2, 0.25) is 0 Å². The fraction of sp³-hybridized carbons (Fsp3) is 0.200. The molecule has 0 aliphatic rings. The highest BCUT2D eigenvalue weighted by atomic mass is 79.9. The minimum absolute atomic E-state index is 0.277. The Morgan fingerprint density at radius 1 is 1.38 bits per heavy atom. The lowest BCUT2D eigenvalue weighted by Gasteiger charge is -1.98. The van der Waals surface area contributed by atoms with Crippen molar-refractivity contribution in [2.75, 3.05) is 5.88 Å². The maximum Gasteiger partial charge on any atom is 0.148 e. The minimum Gasteiger partial charge on any atom is -0.207 e. The van der Waals surface area contributed by atoms with Crippen molar-refractivity contribution in [1.29, 1.82) is 0 Å². The predicted octanol–water partition coefficient (Wildman–Crippen LogP) is 3.89. The van der Waals surface area contributed by atoms with E-state index in [1.165, 1.54) is 23.5 Å². The van der Waals surface area contributed by atoms with E-state index in [1.54, 1.807) is 6.07 Å². The van der Waals surface area contributed by atoms with E-state index in [-0.39, 0.29) is 5.82 Å². The number of halogens is 3. The zero-order valence-corrected chi connectivity index (χ0v) is 11.2. The van der Waals surface area contributed by atoms with E-state index in [2.05, 4.69) is 26.1 Å². The second-order valence-corrected chi connectivity index (χ2v) is 5.36. The second-order valence-electron chi connectivity index (χ2n) is 3.06. The van der Waals surface area contributed by atoms with Crippen LogP contribution in [0.25, 0.3) is 10.6 Å². The molecule has 0 atom stereocenters. The minimum atomic E-state index is -0.277. The van der Waals surface area contributed by atoms with Crippen LogP contribution < -0.4 is 0 Å². The lowest BCUT2D eigenvalue weighted by Crippen LogP contribution is -1.83. The van der Waals surface area contributed by atoms with Crippen molar-refractivity contribution in [3.63, 3.8) is 0 Å². The molecule has 0 saturated carbocycles. The van der Waals surface area contributed by atoms with E-state index < -0.39 is 0 Å². The molecule has 84 valence electrons. The number of alkyl halides is 1. The highest BCUT2D eigenvalue weighted by Gasteiger charge is 2.10. The van der Waals surface area contributed by atoms with Crippen LogP contribution in [-0.4, -0.2) is 16.1 Å². The van der Waals surface area contributed by atoms with Crippen molar-refractivity contribution >= 4 is 38.9 Å². The standard InChI is InChI=1S/C10H7BrClFN2S/c11-8-5-6(13)1-2-7(8)10-15-14-9(16-10)3-4-12/h1-2,5H,3-4H2. The van der Waals surface area contributed by atoms with Crippen molar-refractivity contribution in [1.82, 2.24) is 10.2 Å². The highest BCUT2D eigenvalue weighted by Crippen LogP contribution is 2.31. The lowest BCUT2D eigenvalue weighted by atomic mass is 10.2. The van der Waals surface area contributed by atoms with Gasteiger partial charge in [-0.15, -0.1) is 21.8 Å². The molecule has 0 aliphatic carbocycles.